The average molecular weight is 401 g/mol. The predicted octanol–water partition coefficient (Wildman–Crippen LogP) is 6.84. The molecule has 30 heavy (non-hydrogen) atoms. The van der Waals surface area contributed by atoms with Gasteiger partial charge in [-0.2, -0.15) is 0 Å². The van der Waals surface area contributed by atoms with Crippen LogP contribution in [0.1, 0.15) is 44.1 Å². The molecule has 4 nitrogen and oxygen atoms in total. The van der Waals surface area contributed by atoms with Crippen LogP contribution < -0.4 is 5.32 Å². The molecule has 0 spiro atoms. The van der Waals surface area contributed by atoms with Crippen LogP contribution in [0.15, 0.2) is 77.4 Å². The van der Waals surface area contributed by atoms with Gasteiger partial charge in [-0.1, -0.05) is 49.3 Å². The van der Waals surface area contributed by atoms with Gasteiger partial charge in [0.15, 0.2) is 0 Å². The number of anilines is 1. The second kappa shape index (κ2) is 8.49. The Kier molecular flexibility index (Phi) is 5.61. The summed E-state index contributed by atoms with van der Waals surface area (Å²) < 4.78 is 19.1. The molecule has 0 saturated carbocycles. The number of aromatic nitrogens is 2. The highest BCUT2D eigenvalue weighted by molar-refractivity contribution is 5.83. The molecule has 4 rings (SSSR count). The van der Waals surface area contributed by atoms with Gasteiger partial charge >= 0.3 is 0 Å². The number of halogens is 1. The Bertz CT molecular complexity index is 1120. The summed E-state index contributed by atoms with van der Waals surface area (Å²) in [5.74, 6) is 1.43. The molecule has 2 aromatic heterocycles. The molecule has 0 unspecified atom stereocenters. The second-order valence-corrected chi connectivity index (χ2v) is 7.64. The molecule has 2 heterocycles. The average Bonchev–Trinajstić information content (AvgIpc) is 3.21. The summed E-state index contributed by atoms with van der Waals surface area (Å²) in [6.07, 6.45) is 1.78. The summed E-state index contributed by atoms with van der Waals surface area (Å²) in [6.45, 7) is 6.24. The smallest absolute Gasteiger partial charge is 0.147 e. The van der Waals surface area contributed by atoms with Crippen LogP contribution >= 0.6 is 0 Å². The standard InChI is InChI=1S/C25H24FN3O/c1-16(2)25-23(24(29-30-25)19-9-11-21(26)12-10-19)20-13-14-27-22(15-20)28-17(3)18-7-5-4-6-8-18/h4-17H,1-3H3,(H,27,28)/t17-/m0/s1. The van der Waals surface area contributed by atoms with Gasteiger partial charge in [-0.15, -0.1) is 0 Å². The zero-order chi connectivity index (χ0) is 21.1. The van der Waals surface area contributed by atoms with Crippen LogP contribution in [0.25, 0.3) is 22.4 Å². The minimum atomic E-state index is -0.279. The molecule has 0 radical (unpaired) electrons. The maximum absolute atomic E-state index is 13.4. The van der Waals surface area contributed by atoms with Crippen LogP contribution in [0.5, 0.6) is 0 Å². The Morgan fingerprint density at radius 1 is 0.900 bits per heavy atom. The van der Waals surface area contributed by atoms with E-state index in [-0.39, 0.29) is 17.8 Å². The third-order valence-electron chi connectivity index (χ3n) is 5.07. The first-order chi connectivity index (χ1) is 14.5. The van der Waals surface area contributed by atoms with Crippen LogP contribution in [0.4, 0.5) is 10.2 Å². The van der Waals surface area contributed by atoms with Crippen molar-refractivity contribution in [2.45, 2.75) is 32.7 Å². The summed E-state index contributed by atoms with van der Waals surface area (Å²) in [6, 6.07) is 20.6. The Morgan fingerprint density at radius 2 is 1.63 bits per heavy atom. The summed E-state index contributed by atoms with van der Waals surface area (Å²) >= 11 is 0. The van der Waals surface area contributed by atoms with Crippen molar-refractivity contribution in [1.29, 1.82) is 0 Å². The molecule has 152 valence electrons. The van der Waals surface area contributed by atoms with Crippen molar-refractivity contribution < 1.29 is 8.91 Å². The number of rotatable bonds is 6. The lowest BCUT2D eigenvalue weighted by molar-refractivity contribution is 0.373. The SMILES string of the molecule is CC(C)c1onc(-c2ccc(F)cc2)c1-c1ccnc(N[C@@H](C)c2ccccc2)c1. The molecule has 0 saturated heterocycles. The molecular formula is C25H24FN3O. The first-order valence-electron chi connectivity index (χ1n) is 10.1. The second-order valence-electron chi connectivity index (χ2n) is 7.64. The number of hydrogen-bond acceptors (Lipinski definition) is 4. The molecule has 0 fully saturated rings. The van der Waals surface area contributed by atoms with Gasteiger partial charge in [0.05, 0.1) is 5.56 Å². The topological polar surface area (TPSA) is 51.0 Å². The van der Waals surface area contributed by atoms with E-state index >= 15 is 0 Å². The lowest BCUT2D eigenvalue weighted by Crippen LogP contribution is -2.07. The van der Waals surface area contributed by atoms with Crippen molar-refractivity contribution >= 4 is 5.82 Å². The molecule has 1 atom stereocenters. The monoisotopic (exact) mass is 401 g/mol. The zero-order valence-electron chi connectivity index (χ0n) is 17.3. The van der Waals surface area contributed by atoms with E-state index in [1.807, 2.05) is 30.3 Å². The highest BCUT2D eigenvalue weighted by Gasteiger charge is 2.22. The lowest BCUT2D eigenvalue weighted by Gasteiger charge is -2.16. The fourth-order valence-electron chi connectivity index (χ4n) is 3.49. The van der Waals surface area contributed by atoms with Crippen molar-refractivity contribution in [2.24, 2.45) is 0 Å². The minimum Gasteiger partial charge on any atom is -0.364 e. The Labute approximate surface area is 175 Å². The summed E-state index contributed by atoms with van der Waals surface area (Å²) in [5, 5.41) is 7.78. The quantitative estimate of drug-likeness (QED) is 0.384. The number of nitrogens with zero attached hydrogens (tertiary/aromatic N) is 2. The van der Waals surface area contributed by atoms with Gasteiger partial charge in [-0.25, -0.2) is 9.37 Å². The van der Waals surface area contributed by atoms with Gasteiger partial charge in [0.2, 0.25) is 0 Å². The lowest BCUT2D eigenvalue weighted by atomic mass is 9.95. The number of hydrogen-bond donors (Lipinski definition) is 1. The third-order valence-corrected chi connectivity index (χ3v) is 5.07. The Morgan fingerprint density at radius 3 is 2.33 bits per heavy atom. The third kappa shape index (κ3) is 4.10. The van der Waals surface area contributed by atoms with E-state index in [9.17, 15) is 4.39 Å². The van der Waals surface area contributed by atoms with Gasteiger partial charge in [0, 0.05) is 23.7 Å². The van der Waals surface area contributed by atoms with Crippen LogP contribution in [0.3, 0.4) is 0 Å². The largest absolute Gasteiger partial charge is 0.364 e. The molecule has 0 bridgehead atoms. The Hall–Kier alpha value is -3.47. The Balaban J connectivity index is 1.72. The van der Waals surface area contributed by atoms with Crippen molar-refractivity contribution in [3.8, 4) is 22.4 Å². The van der Waals surface area contributed by atoms with E-state index in [4.69, 9.17) is 4.52 Å². The van der Waals surface area contributed by atoms with Crippen LogP contribution in [-0.4, -0.2) is 10.1 Å². The molecule has 0 aliphatic rings. The van der Waals surface area contributed by atoms with Gasteiger partial charge in [-0.3, -0.25) is 0 Å². The van der Waals surface area contributed by atoms with Crippen molar-refractivity contribution in [3.63, 3.8) is 0 Å². The fraction of sp³-hybridized carbons (Fsp3) is 0.200. The van der Waals surface area contributed by atoms with Gasteiger partial charge in [-0.05, 0) is 54.4 Å². The number of nitrogens with one attached hydrogen (secondary N) is 1. The van der Waals surface area contributed by atoms with E-state index < -0.39 is 0 Å². The molecule has 1 N–H and O–H groups in total. The van der Waals surface area contributed by atoms with E-state index in [2.05, 4.69) is 48.4 Å². The van der Waals surface area contributed by atoms with Crippen molar-refractivity contribution in [2.75, 3.05) is 5.32 Å². The highest BCUT2D eigenvalue weighted by atomic mass is 19.1. The van der Waals surface area contributed by atoms with Gasteiger partial charge < -0.3 is 9.84 Å². The van der Waals surface area contributed by atoms with Crippen molar-refractivity contribution in [1.82, 2.24) is 10.1 Å². The summed E-state index contributed by atoms with van der Waals surface area (Å²) in [4.78, 5) is 4.49. The molecule has 5 heteroatoms. The first kappa shape index (κ1) is 19.8. The van der Waals surface area contributed by atoms with Crippen LogP contribution in [-0.2, 0) is 0 Å². The molecule has 0 aliphatic heterocycles. The molecular weight excluding hydrogens is 377 g/mol. The minimum absolute atomic E-state index is 0.109. The number of pyridine rings is 1. The highest BCUT2D eigenvalue weighted by Crippen LogP contribution is 2.38. The van der Waals surface area contributed by atoms with E-state index in [0.29, 0.717) is 5.69 Å². The predicted molar refractivity (Wildman–Crippen MR) is 118 cm³/mol. The molecule has 2 aromatic carbocycles. The molecule has 0 aliphatic carbocycles. The zero-order valence-corrected chi connectivity index (χ0v) is 17.3. The van der Waals surface area contributed by atoms with E-state index in [1.165, 1.54) is 17.7 Å². The van der Waals surface area contributed by atoms with E-state index in [0.717, 1.165) is 28.3 Å². The van der Waals surface area contributed by atoms with E-state index in [1.54, 1.807) is 18.3 Å². The first-order valence-corrected chi connectivity index (χ1v) is 10.1. The summed E-state index contributed by atoms with van der Waals surface area (Å²) in [7, 11) is 0. The number of benzene rings is 2. The van der Waals surface area contributed by atoms with Crippen molar-refractivity contribution in [3.05, 3.63) is 90.1 Å². The van der Waals surface area contributed by atoms with Gasteiger partial charge in [0.1, 0.15) is 23.1 Å². The maximum Gasteiger partial charge on any atom is 0.147 e. The summed E-state index contributed by atoms with van der Waals surface area (Å²) in [5.41, 5.74) is 4.56. The van der Waals surface area contributed by atoms with Gasteiger partial charge in [0.25, 0.3) is 0 Å². The van der Waals surface area contributed by atoms with Crippen LogP contribution in [0.2, 0.25) is 0 Å². The molecule has 0 amide bonds. The van der Waals surface area contributed by atoms with Crippen LogP contribution in [0, 0.1) is 5.82 Å². The molecule has 4 aromatic rings. The maximum atomic E-state index is 13.4. The fourth-order valence-corrected chi connectivity index (χ4v) is 3.49. The normalized spacial score (nSPS) is 12.2.